The Bertz CT molecular complexity index is 1040. The lowest BCUT2D eigenvalue weighted by Crippen LogP contribution is -2.46. The molecule has 1 fully saturated rings. The van der Waals surface area contributed by atoms with Crippen molar-refractivity contribution in [3.8, 4) is 0 Å². The number of hydrogen-bond acceptors (Lipinski definition) is 4. The number of ether oxygens (including phenoxy) is 1. The highest BCUT2D eigenvalue weighted by Crippen LogP contribution is 2.26. The molecule has 3 aromatic rings. The maximum absolute atomic E-state index is 12.1. The lowest BCUT2D eigenvalue weighted by atomic mass is 10.1. The van der Waals surface area contributed by atoms with E-state index in [-0.39, 0.29) is 12.1 Å². The second-order valence-electron chi connectivity index (χ2n) is 9.38. The molecule has 1 aliphatic heterocycles. The lowest BCUT2D eigenvalue weighted by Gasteiger charge is -2.33. The molecule has 2 aromatic carbocycles. The highest BCUT2D eigenvalue weighted by atomic mass is 16.6. The lowest BCUT2D eigenvalue weighted by molar-refractivity contribution is 0.0497. The summed E-state index contributed by atoms with van der Waals surface area (Å²) in [5, 5.41) is 3.02. The van der Waals surface area contributed by atoms with Crippen LogP contribution in [-0.4, -0.2) is 40.4 Å². The van der Waals surface area contributed by atoms with Gasteiger partial charge in [-0.25, -0.2) is 9.78 Å². The normalized spacial score (nSPS) is 15.3. The van der Waals surface area contributed by atoms with Crippen LogP contribution in [-0.2, 0) is 11.3 Å². The monoisotopic (exact) mass is 420 g/mol. The highest BCUT2D eigenvalue weighted by Gasteiger charge is 2.26. The van der Waals surface area contributed by atoms with Gasteiger partial charge in [-0.3, -0.25) is 0 Å². The minimum Gasteiger partial charge on any atom is -0.444 e. The van der Waals surface area contributed by atoms with Crippen LogP contribution in [0.1, 0.15) is 44.7 Å². The molecule has 0 atom stereocenters. The Morgan fingerprint density at radius 2 is 1.77 bits per heavy atom. The third-order valence-electron chi connectivity index (χ3n) is 5.59. The van der Waals surface area contributed by atoms with E-state index in [4.69, 9.17) is 9.72 Å². The summed E-state index contributed by atoms with van der Waals surface area (Å²) in [6, 6.07) is 17.1. The number of hydrogen-bond donors (Lipinski definition) is 1. The Kier molecular flexibility index (Phi) is 5.90. The average molecular weight is 421 g/mol. The number of imidazole rings is 1. The van der Waals surface area contributed by atoms with Crippen LogP contribution in [0.25, 0.3) is 11.0 Å². The van der Waals surface area contributed by atoms with Gasteiger partial charge in [-0.1, -0.05) is 42.0 Å². The van der Waals surface area contributed by atoms with E-state index in [2.05, 4.69) is 64.2 Å². The van der Waals surface area contributed by atoms with Crippen molar-refractivity contribution in [3.63, 3.8) is 0 Å². The molecule has 31 heavy (non-hydrogen) atoms. The van der Waals surface area contributed by atoms with Crippen molar-refractivity contribution in [2.24, 2.45) is 0 Å². The first kappa shape index (κ1) is 21.2. The molecule has 1 N–H and O–H groups in total. The number of nitrogens with zero attached hydrogens (tertiary/aromatic N) is 3. The van der Waals surface area contributed by atoms with Crippen molar-refractivity contribution >= 4 is 23.1 Å². The molecule has 1 amide bonds. The van der Waals surface area contributed by atoms with Crippen LogP contribution in [0.3, 0.4) is 0 Å². The van der Waals surface area contributed by atoms with E-state index >= 15 is 0 Å². The van der Waals surface area contributed by atoms with Crippen molar-refractivity contribution in [1.82, 2.24) is 14.9 Å². The molecule has 0 radical (unpaired) electrons. The first-order valence-electron chi connectivity index (χ1n) is 11.0. The van der Waals surface area contributed by atoms with Gasteiger partial charge in [0.1, 0.15) is 5.60 Å². The number of para-hydroxylation sites is 2. The van der Waals surface area contributed by atoms with Gasteiger partial charge < -0.3 is 19.5 Å². The maximum Gasteiger partial charge on any atom is 0.407 e. The van der Waals surface area contributed by atoms with Gasteiger partial charge in [0.05, 0.1) is 17.6 Å². The van der Waals surface area contributed by atoms with E-state index in [0.29, 0.717) is 0 Å². The summed E-state index contributed by atoms with van der Waals surface area (Å²) in [5.41, 5.74) is 4.20. The van der Waals surface area contributed by atoms with Crippen LogP contribution in [0.5, 0.6) is 0 Å². The summed E-state index contributed by atoms with van der Waals surface area (Å²) in [4.78, 5) is 19.4. The first-order chi connectivity index (χ1) is 14.8. The summed E-state index contributed by atoms with van der Waals surface area (Å²) in [6.07, 6.45) is 1.40. The number of carbonyl (C=O) groups is 1. The Morgan fingerprint density at radius 1 is 1.10 bits per heavy atom. The van der Waals surface area contributed by atoms with Gasteiger partial charge in [0, 0.05) is 19.1 Å². The molecule has 1 aromatic heterocycles. The highest BCUT2D eigenvalue weighted by molar-refractivity contribution is 5.79. The van der Waals surface area contributed by atoms with E-state index in [1.165, 1.54) is 11.1 Å². The molecule has 0 aliphatic carbocycles. The van der Waals surface area contributed by atoms with Gasteiger partial charge in [0.15, 0.2) is 0 Å². The molecule has 0 bridgehead atoms. The zero-order valence-corrected chi connectivity index (χ0v) is 18.9. The van der Waals surface area contributed by atoms with Crippen LogP contribution >= 0.6 is 0 Å². The number of benzene rings is 2. The Labute approximate surface area is 184 Å². The van der Waals surface area contributed by atoms with Crippen molar-refractivity contribution in [2.45, 2.75) is 58.7 Å². The molecule has 0 saturated carbocycles. The number of anilines is 1. The number of rotatable bonds is 4. The first-order valence-corrected chi connectivity index (χ1v) is 11.0. The Hall–Kier alpha value is -3.02. The maximum atomic E-state index is 12.1. The van der Waals surface area contributed by atoms with Crippen molar-refractivity contribution in [1.29, 1.82) is 0 Å². The van der Waals surface area contributed by atoms with Crippen molar-refractivity contribution in [3.05, 3.63) is 59.7 Å². The van der Waals surface area contributed by atoms with Gasteiger partial charge >= 0.3 is 6.09 Å². The number of aryl methyl sites for hydroxylation is 1. The van der Waals surface area contributed by atoms with E-state index in [9.17, 15) is 4.79 Å². The molecule has 2 heterocycles. The molecule has 0 spiro atoms. The molecule has 1 aliphatic rings. The molecular formula is C25H32N4O2. The summed E-state index contributed by atoms with van der Waals surface area (Å²) < 4.78 is 7.71. The zero-order valence-electron chi connectivity index (χ0n) is 18.9. The summed E-state index contributed by atoms with van der Waals surface area (Å²) >= 11 is 0. The number of amides is 1. The minimum absolute atomic E-state index is 0.126. The fourth-order valence-electron chi connectivity index (χ4n) is 4.03. The van der Waals surface area contributed by atoms with Crippen molar-refractivity contribution in [2.75, 3.05) is 18.0 Å². The standard InChI is InChI=1S/C25H32N4O2/c1-18-9-11-19(12-10-18)17-29-22-8-6-5-7-21(22)27-23(29)28-15-13-20(14-16-28)26-24(30)31-25(2,3)4/h5-12,20H,13-17H2,1-4H3,(H,26,30). The Morgan fingerprint density at radius 3 is 2.45 bits per heavy atom. The molecule has 4 rings (SSSR count). The van der Waals surface area contributed by atoms with Gasteiger partial charge in [0.25, 0.3) is 0 Å². The predicted molar refractivity (Wildman–Crippen MR) is 125 cm³/mol. The van der Waals surface area contributed by atoms with Gasteiger partial charge in [-0.2, -0.15) is 0 Å². The third-order valence-corrected chi connectivity index (χ3v) is 5.59. The van der Waals surface area contributed by atoms with Crippen LogP contribution in [0, 0.1) is 6.92 Å². The fraction of sp³-hybridized carbons (Fsp3) is 0.440. The number of aromatic nitrogens is 2. The van der Waals surface area contributed by atoms with Crippen LogP contribution in [0.15, 0.2) is 48.5 Å². The number of nitrogens with one attached hydrogen (secondary N) is 1. The van der Waals surface area contributed by atoms with Gasteiger partial charge in [0.2, 0.25) is 5.95 Å². The van der Waals surface area contributed by atoms with Gasteiger partial charge in [-0.15, -0.1) is 0 Å². The van der Waals surface area contributed by atoms with Crippen LogP contribution < -0.4 is 10.2 Å². The summed E-state index contributed by atoms with van der Waals surface area (Å²) in [7, 11) is 0. The van der Waals surface area contributed by atoms with Crippen molar-refractivity contribution < 1.29 is 9.53 Å². The molecular weight excluding hydrogens is 388 g/mol. The molecule has 164 valence electrons. The number of alkyl carbamates (subject to hydrolysis) is 1. The second-order valence-corrected chi connectivity index (χ2v) is 9.38. The molecule has 6 nitrogen and oxygen atoms in total. The largest absolute Gasteiger partial charge is 0.444 e. The molecule has 1 saturated heterocycles. The van der Waals surface area contributed by atoms with E-state index in [1.807, 2.05) is 26.8 Å². The quantitative estimate of drug-likeness (QED) is 0.653. The SMILES string of the molecule is Cc1ccc(Cn2c(N3CCC(NC(=O)OC(C)(C)C)CC3)nc3ccccc32)cc1. The van der Waals surface area contributed by atoms with Gasteiger partial charge in [-0.05, 0) is 58.2 Å². The third kappa shape index (κ3) is 5.19. The summed E-state index contributed by atoms with van der Waals surface area (Å²) in [5.74, 6) is 0.998. The second kappa shape index (κ2) is 8.61. The number of fused-ring (bicyclic) bond motifs is 1. The van der Waals surface area contributed by atoms with Crippen LogP contribution in [0.2, 0.25) is 0 Å². The molecule has 0 unspecified atom stereocenters. The Balaban J connectivity index is 1.50. The van der Waals surface area contributed by atoms with E-state index < -0.39 is 5.60 Å². The zero-order chi connectivity index (χ0) is 22.0. The predicted octanol–water partition coefficient (Wildman–Crippen LogP) is 4.89. The number of piperidine rings is 1. The van der Waals surface area contributed by atoms with E-state index in [0.717, 1.165) is 49.5 Å². The minimum atomic E-state index is -0.481. The topological polar surface area (TPSA) is 59.4 Å². The fourth-order valence-corrected chi connectivity index (χ4v) is 4.03. The van der Waals surface area contributed by atoms with E-state index in [1.54, 1.807) is 0 Å². The smallest absolute Gasteiger partial charge is 0.407 e. The molecule has 6 heteroatoms. The number of carbonyl (C=O) groups excluding carboxylic acids is 1. The van der Waals surface area contributed by atoms with Crippen LogP contribution in [0.4, 0.5) is 10.7 Å². The average Bonchev–Trinajstić information content (AvgIpc) is 3.07. The summed E-state index contributed by atoms with van der Waals surface area (Å²) in [6.45, 7) is 10.2.